The maximum Gasteiger partial charge on any atom is 0.166 e. The fourth-order valence-corrected chi connectivity index (χ4v) is 1.64. The third kappa shape index (κ3) is 3.31. The summed E-state index contributed by atoms with van der Waals surface area (Å²) in [6.45, 7) is -0.172. The molecular weight excluding hydrogens is 264 g/mol. The first kappa shape index (κ1) is 14.0. The highest BCUT2D eigenvalue weighted by atomic mass is 19.1. The van der Waals surface area contributed by atoms with E-state index in [2.05, 4.69) is 0 Å². The first-order valence-electron chi connectivity index (χ1n) is 5.86. The van der Waals surface area contributed by atoms with Crippen molar-refractivity contribution in [3.63, 3.8) is 0 Å². The van der Waals surface area contributed by atoms with E-state index in [0.29, 0.717) is 5.56 Å². The molecule has 0 saturated carbocycles. The molecule has 2 rings (SSSR count). The summed E-state index contributed by atoms with van der Waals surface area (Å²) >= 11 is 0. The van der Waals surface area contributed by atoms with E-state index in [1.54, 1.807) is 0 Å². The molecule has 3 nitrogen and oxygen atoms in total. The highest BCUT2D eigenvalue weighted by Gasteiger charge is 2.11. The summed E-state index contributed by atoms with van der Waals surface area (Å²) in [5, 5.41) is 18.5. The maximum absolute atomic E-state index is 13.5. The average molecular weight is 275 g/mol. The van der Waals surface area contributed by atoms with Crippen LogP contribution >= 0.6 is 0 Å². The summed E-state index contributed by atoms with van der Waals surface area (Å²) in [4.78, 5) is 0. The zero-order valence-corrected chi connectivity index (χ0v) is 10.4. The zero-order valence-electron chi connectivity index (χ0n) is 10.4. The molecule has 0 aromatic heterocycles. The first-order chi connectivity index (χ1) is 9.60. The van der Waals surface area contributed by atoms with Crippen LogP contribution in [0.25, 0.3) is 0 Å². The van der Waals surface area contributed by atoms with E-state index in [1.807, 2.05) is 6.07 Å². The topological polar surface area (TPSA) is 53.2 Å². The number of benzene rings is 2. The van der Waals surface area contributed by atoms with Crippen LogP contribution in [0.1, 0.15) is 17.2 Å². The van der Waals surface area contributed by atoms with Gasteiger partial charge >= 0.3 is 0 Å². The van der Waals surface area contributed by atoms with Crippen LogP contribution in [0.3, 0.4) is 0 Å². The Hall–Kier alpha value is -2.45. The predicted molar refractivity (Wildman–Crippen MR) is 68.0 cm³/mol. The van der Waals surface area contributed by atoms with Crippen molar-refractivity contribution in [3.8, 4) is 11.8 Å². The van der Waals surface area contributed by atoms with Gasteiger partial charge in [0.25, 0.3) is 0 Å². The van der Waals surface area contributed by atoms with Gasteiger partial charge in [0.2, 0.25) is 0 Å². The van der Waals surface area contributed by atoms with Gasteiger partial charge in [0, 0.05) is 0 Å². The molecule has 0 radical (unpaired) electrons. The number of hydrogen-bond donors (Lipinski definition) is 1. The molecule has 20 heavy (non-hydrogen) atoms. The Morgan fingerprint density at radius 3 is 2.45 bits per heavy atom. The quantitative estimate of drug-likeness (QED) is 0.933. The summed E-state index contributed by atoms with van der Waals surface area (Å²) in [5.74, 6) is -1.12. The van der Waals surface area contributed by atoms with E-state index in [9.17, 15) is 13.9 Å². The largest absolute Gasteiger partial charge is 0.487 e. The molecule has 0 aliphatic heterocycles. The van der Waals surface area contributed by atoms with Gasteiger partial charge in [-0.3, -0.25) is 0 Å². The van der Waals surface area contributed by atoms with Crippen molar-refractivity contribution < 1.29 is 18.6 Å². The molecular formula is C15H11F2NO2. The smallest absolute Gasteiger partial charge is 0.166 e. The molecule has 0 aliphatic rings. The van der Waals surface area contributed by atoms with Crippen LogP contribution < -0.4 is 4.74 Å². The standard InChI is InChI=1S/C15H11F2NO2/c16-12-4-2-11(3-5-12)14(19)9-20-15-6-1-10(8-18)7-13(15)17/h1-7,14,19H,9H2. The van der Waals surface area contributed by atoms with Gasteiger partial charge in [0.05, 0.1) is 11.6 Å². The molecule has 102 valence electrons. The lowest BCUT2D eigenvalue weighted by Crippen LogP contribution is -2.10. The van der Waals surface area contributed by atoms with Crippen LogP contribution in [-0.2, 0) is 0 Å². The molecule has 5 heteroatoms. The number of ether oxygens (including phenoxy) is 1. The number of nitrogens with zero attached hydrogens (tertiary/aromatic N) is 1. The van der Waals surface area contributed by atoms with Crippen molar-refractivity contribution in [2.45, 2.75) is 6.10 Å². The minimum atomic E-state index is -0.995. The molecule has 1 N–H and O–H groups in total. The average Bonchev–Trinajstić information content (AvgIpc) is 2.46. The van der Waals surface area contributed by atoms with Crippen LogP contribution in [0, 0.1) is 23.0 Å². The Kier molecular flexibility index (Phi) is 4.28. The van der Waals surface area contributed by atoms with Gasteiger partial charge in [0.15, 0.2) is 11.6 Å². The Labute approximate surface area is 114 Å². The lowest BCUT2D eigenvalue weighted by Gasteiger charge is -2.13. The lowest BCUT2D eigenvalue weighted by molar-refractivity contribution is 0.106. The molecule has 0 heterocycles. The number of rotatable bonds is 4. The SMILES string of the molecule is N#Cc1ccc(OCC(O)c2ccc(F)cc2)c(F)c1. The van der Waals surface area contributed by atoms with Crippen molar-refractivity contribution in [1.82, 2.24) is 0 Å². The van der Waals surface area contributed by atoms with Crippen molar-refractivity contribution >= 4 is 0 Å². The molecule has 0 spiro atoms. The molecule has 1 unspecified atom stereocenters. The molecule has 2 aromatic rings. The summed E-state index contributed by atoms with van der Waals surface area (Å²) in [5.41, 5.74) is 0.661. The van der Waals surface area contributed by atoms with E-state index in [0.717, 1.165) is 6.07 Å². The molecule has 0 saturated heterocycles. The van der Waals surface area contributed by atoms with Gasteiger partial charge in [-0.1, -0.05) is 12.1 Å². The second-order valence-corrected chi connectivity index (χ2v) is 4.14. The van der Waals surface area contributed by atoms with Crippen molar-refractivity contribution in [2.24, 2.45) is 0 Å². The van der Waals surface area contributed by atoms with Gasteiger partial charge in [-0.15, -0.1) is 0 Å². The lowest BCUT2D eigenvalue weighted by atomic mass is 10.1. The number of halogens is 2. The van der Waals surface area contributed by atoms with E-state index >= 15 is 0 Å². The monoisotopic (exact) mass is 275 g/mol. The van der Waals surface area contributed by atoms with E-state index in [1.165, 1.54) is 36.4 Å². The van der Waals surface area contributed by atoms with Crippen LogP contribution in [0.2, 0.25) is 0 Å². The number of aliphatic hydroxyl groups is 1. The Bertz CT molecular complexity index is 635. The molecule has 1 atom stereocenters. The first-order valence-corrected chi connectivity index (χ1v) is 5.86. The third-order valence-electron chi connectivity index (χ3n) is 2.71. The molecule has 0 bridgehead atoms. The molecule has 0 amide bonds. The van der Waals surface area contributed by atoms with Gasteiger partial charge < -0.3 is 9.84 Å². The van der Waals surface area contributed by atoms with Crippen LogP contribution in [-0.4, -0.2) is 11.7 Å². The molecule has 2 aromatic carbocycles. The van der Waals surface area contributed by atoms with Gasteiger partial charge in [-0.05, 0) is 35.9 Å². The summed E-state index contributed by atoms with van der Waals surface area (Å²) in [6.07, 6.45) is -0.995. The number of aliphatic hydroxyl groups excluding tert-OH is 1. The summed E-state index contributed by atoms with van der Waals surface area (Å²) < 4.78 is 31.4. The number of hydrogen-bond acceptors (Lipinski definition) is 3. The minimum absolute atomic E-state index is 0.0508. The van der Waals surface area contributed by atoms with E-state index in [4.69, 9.17) is 10.00 Å². The minimum Gasteiger partial charge on any atom is -0.487 e. The van der Waals surface area contributed by atoms with Gasteiger partial charge in [0.1, 0.15) is 18.5 Å². The zero-order chi connectivity index (χ0) is 14.5. The maximum atomic E-state index is 13.5. The van der Waals surface area contributed by atoms with Crippen molar-refractivity contribution in [3.05, 3.63) is 65.2 Å². The Balaban J connectivity index is 2.01. The molecule has 0 fully saturated rings. The van der Waals surface area contributed by atoms with Crippen molar-refractivity contribution in [1.29, 1.82) is 5.26 Å². The normalized spacial score (nSPS) is 11.7. The van der Waals surface area contributed by atoms with Gasteiger partial charge in [-0.2, -0.15) is 5.26 Å². The predicted octanol–water partition coefficient (Wildman–Crippen LogP) is 2.95. The van der Waals surface area contributed by atoms with E-state index in [-0.39, 0.29) is 17.9 Å². The highest BCUT2D eigenvalue weighted by Crippen LogP contribution is 2.20. The second kappa shape index (κ2) is 6.13. The Morgan fingerprint density at radius 1 is 1.15 bits per heavy atom. The molecule has 0 aliphatic carbocycles. The Morgan fingerprint density at radius 2 is 1.85 bits per heavy atom. The summed E-state index contributed by atoms with van der Waals surface area (Å²) in [7, 11) is 0. The number of nitriles is 1. The van der Waals surface area contributed by atoms with Crippen LogP contribution in [0.4, 0.5) is 8.78 Å². The van der Waals surface area contributed by atoms with Crippen LogP contribution in [0.5, 0.6) is 5.75 Å². The highest BCUT2D eigenvalue weighted by molar-refractivity contribution is 5.36. The summed E-state index contributed by atoms with van der Waals surface area (Å²) in [6, 6.07) is 10.9. The van der Waals surface area contributed by atoms with Gasteiger partial charge in [-0.25, -0.2) is 8.78 Å². The fourth-order valence-electron chi connectivity index (χ4n) is 1.64. The van der Waals surface area contributed by atoms with E-state index < -0.39 is 17.7 Å². The third-order valence-corrected chi connectivity index (χ3v) is 2.71. The van der Waals surface area contributed by atoms with Crippen LogP contribution in [0.15, 0.2) is 42.5 Å². The fraction of sp³-hybridized carbons (Fsp3) is 0.133. The second-order valence-electron chi connectivity index (χ2n) is 4.14. The van der Waals surface area contributed by atoms with Crippen molar-refractivity contribution in [2.75, 3.05) is 6.61 Å².